The van der Waals surface area contributed by atoms with Crippen molar-refractivity contribution in [2.75, 3.05) is 13.7 Å². The summed E-state index contributed by atoms with van der Waals surface area (Å²) in [6.07, 6.45) is -14.6. The summed E-state index contributed by atoms with van der Waals surface area (Å²) in [7, 11) is 1.20. The minimum Gasteiger partial charge on any atom is -0.394 e. The number of aliphatic hydroxyl groups excluding tert-OH is 7. The standard InChI is InChI=1S/C13H25NO10/c1-22-11-8(19)7(18)9(20)12(10(11)21)24-13-4(14)6(17)5(16)3(2-15)23-13/h3-13,15-21H,2,14H2,1H3/t3-,4-,5+,6-,7-,8-,9-,10-,11+,12+,13+/m1/s1. The Kier molecular flexibility index (Phi) is 6.50. The average Bonchev–Trinajstić information content (AvgIpc) is 2.57. The highest BCUT2D eigenvalue weighted by molar-refractivity contribution is 5.01. The Morgan fingerprint density at radius 3 is 1.96 bits per heavy atom. The van der Waals surface area contributed by atoms with Gasteiger partial charge in [-0.05, 0) is 0 Å². The number of hydrogen-bond donors (Lipinski definition) is 8. The average molecular weight is 355 g/mol. The van der Waals surface area contributed by atoms with Gasteiger partial charge in [0.05, 0.1) is 12.6 Å². The van der Waals surface area contributed by atoms with Gasteiger partial charge in [0, 0.05) is 7.11 Å². The first-order valence-corrected chi connectivity index (χ1v) is 7.53. The van der Waals surface area contributed by atoms with Crippen molar-refractivity contribution in [1.82, 2.24) is 0 Å². The second kappa shape index (κ2) is 7.85. The monoisotopic (exact) mass is 355 g/mol. The molecule has 0 spiro atoms. The Bertz CT molecular complexity index is 412. The van der Waals surface area contributed by atoms with Crippen molar-refractivity contribution in [3.8, 4) is 0 Å². The molecule has 0 aromatic heterocycles. The molecule has 2 fully saturated rings. The lowest BCUT2D eigenvalue weighted by Crippen LogP contribution is -2.68. The lowest BCUT2D eigenvalue weighted by Gasteiger charge is -2.46. The molecule has 142 valence electrons. The first-order valence-electron chi connectivity index (χ1n) is 7.53. The third-order valence-corrected chi connectivity index (χ3v) is 4.54. The maximum atomic E-state index is 10.2. The lowest BCUT2D eigenvalue weighted by atomic mass is 9.84. The van der Waals surface area contributed by atoms with E-state index in [-0.39, 0.29) is 0 Å². The van der Waals surface area contributed by atoms with Gasteiger partial charge in [-0.25, -0.2) is 0 Å². The van der Waals surface area contributed by atoms with E-state index in [9.17, 15) is 30.6 Å². The summed E-state index contributed by atoms with van der Waals surface area (Å²) in [5, 5.41) is 68.7. The maximum absolute atomic E-state index is 10.2. The fraction of sp³-hybridized carbons (Fsp3) is 1.00. The number of methoxy groups -OCH3 is 1. The van der Waals surface area contributed by atoms with Crippen molar-refractivity contribution < 1.29 is 50.0 Å². The first-order chi connectivity index (χ1) is 11.2. The Morgan fingerprint density at radius 2 is 1.42 bits per heavy atom. The van der Waals surface area contributed by atoms with Gasteiger partial charge in [-0.2, -0.15) is 0 Å². The van der Waals surface area contributed by atoms with Crippen LogP contribution in [0.2, 0.25) is 0 Å². The molecule has 0 aromatic carbocycles. The zero-order valence-electron chi connectivity index (χ0n) is 13.0. The van der Waals surface area contributed by atoms with Crippen molar-refractivity contribution in [1.29, 1.82) is 0 Å². The molecule has 1 saturated carbocycles. The highest BCUT2D eigenvalue weighted by atomic mass is 16.7. The largest absolute Gasteiger partial charge is 0.394 e. The predicted octanol–water partition coefficient (Wildman–Crippen LogP) is -5.39. The van der Waals surface area contributed by atoms with Crippen LogP contribution in [0, 0.1) is 0 Å². The van der Waals surface area contributed by atoms with Crippen molar-refractivity contribution in [2.24, 2.45) is 5.73 Å². The number of nitrogens with two attached hydrogens (primary N) is 1. The molecule has 24 heavy (non-hydrogen) atoms. The predicted molar refractivity (Wildman–Crippen MR) is 75.4 cm³/mol. The Hall–Kier alpha value is -0.440. The number of rotatable bonds is 4. The van der Waals surface area contributed by atoms with E-state index in [0.29, 0.717) is 0 Å². The molecule has 1 aliphatic carbocycles. The normalized spacial score (nSPS) is 53.1. The van der Waals surface area contributed by atoms with Gasteiger partial charge in [-0.1, -0.05) is 0 Å². The van der Waals surface area contributed by atoms with Gasteiger partial charge in [0.2, 0.25) is 0 Å². The third kappa shape index (κ3) is 3.43. The topological polar surface area (TPSA) is 195 Å². The summed E-state index contributed by atoms with van der Waals surface area (Å²) in [5.74, 6) is 0. The molecular formula is C13H25NO10. The van der Waals surface area contributed by atoms with Crippen LogP contribution in [-0.4, -0.2) is 117 Å². The van der Waals surface area contributed by atoms with Crippen LogP contribution in [0.4, 0.5) is 0 Å². The van der Waals surface area contributed by atoms with E-state index in [4.69, 9.17) is 25.1 Å². The quantitative estimate of drug-likeness (QED) is 0.240. The van der Waals surface area contributed by atoms with E-state index in [1.54, 1.807) is 0 Å². The third-order valence-electron chi connectivity index (χ3n) is 4.54. The van der Waals surface area contributed by atoms with Gasteiger partial charge in [0.1, 0.15) is 54.9 Å². The summed E-state index contributed by atoms with van der Waals surface area (Å²) in [6, 6.07) is -1.24. The van der Waals surface area contributed by atoms with Crippen molar-refractivity contribution in [3.63, 3.8) is 0 Å². The van der Waals surface area contributed by atoms with Crippen molar-refractivity contribution in [2.45, 2.75) is 67.3 Å². The van der Waals surface area contributed by atoms with Crippen LogP contribution in [0.15, 0.2) is 0 Å². The van der Waals surface area contributed by atoms with E-state index in [1.165, 1.54) is 7.11 Å². The molecule has 1 saturated heterocycles. The summed E-state index contributed by atoms with van der Waals surface area (Å²) in [5.41, 5.74) is 5.72. The molecule has 0 radical (unpaired) electrons. The van der Waals surface area contributed by atoms with E-state index in [2.05, 4.69) is 0 Å². The van der Waals surface area contributed by atoms with Crippen LogP contribution in [0.1, 0.15) is 0 Å². The minimum atomic E-state index is -1.69. The van der Waals surface area contributed by atoms with Gasteiger partial charge >= 0.3 is 0 Å². The molecule has 9 N–H and O–H groups in total. The maximum Gasteiger partial charge on any atom is 0.176 e. The second-order valence-corrected chi connectivity index (χ2v) is 6.05. The molecule has 0 bridgehead atoms. The number of ether oxygens (including phenoxy) is 3. The van der Waals surface area contributed by atoms with Gasteiger partial charge in [0.25, 0.3) is 0 Å². The fourth-order valence-electron chi connectivity index (χ4n) is 3.00. The second-order valence-electron chi connectivity index (χ2n) is 6.05. The lowest BCUT2D eigenvalue weighted by molar-refractivity contribution is -0.318. The molecule has 11 nitrogen and oxygen atoms in total. The number of hydrogen-bond acceptors (Lipinski definition) is 11. The van der Waals surface area contributed by atoms with Gasteiger partial charge in [-0.15, -0.1) is 0 Å². The smallest absolute Gasteiger partial charge is 0.176 e. The molecule has 11 heteroatoms. The summed E-state index contributed by atoms with van der Waals surface area (Å²) in [4.78, 5) is 0. The van der Waals surface area contributed by atoms with Gasteiger partial charge in [-0.3, -0.25) is 0 Å². The van der Waals surface area contributed by atoms with E-state index in [0.717, 1.165) is 0 Å². The van der Waals surface area contributed by atoms with E-state index >= 15 is 0 Å². The molecule has 1 aliphatic heterocycles. The van der Waals surface area contributed by atoms with Crippen molar-refractivity contribution >= 4 is 0 Å². The minimum absolute atomic E-state index is 0.622. The Morgan fingerprint density at radius 1 is 0.833 bits per heavy atom. The first kappa shape index (κ1) is 19.9. The van der Waals surface area contributed by atoms with Crippen LogP contribution in [-0.2, 0) is 14.2 Å². The van der Waals surface area contributed by atoms with Crippen LogP contribution in [0.3, 0.4) is 0 Å². The zero-order chi connectivity index (χ0) is 18.2. The number of aliphatic hydroxyl groups is 7. The SMILES string of the molecule is CO[C@@H]1[C@@H](O)[C@@H](O[C@@H]2O[C@H](CO)[C@H](O)[C@H](O)[C@H]2N)[C@H](O)[C@H](O)[C@H]1O. The van der Waals surface area contributed by atoms with Crippen LogP contribution in [0.5, 0.6) is 0 Å². The molecule has 0 unspecified atom stereocenters. The molecular weight excluding hydrogens is 330 g/mol. The molecule has 2 rings (SSSR count). The summed E-state index contributed by atoms with van der Waals surface area (Å²) in [6.45, 7) is -0.622. The summed E-state index contributed by atoms with van der Waals surface area (Å²) >= 11 is 0. The van der Waals surface area contributed by atoms with Gasteiger partial charge < -0.3 is 55.7 Å². The Labute approximate surface area is 137 Å². The van der Waals surface area contributed by atoms with Crippen LogP contribution in [0.25, 0.3) is 0 Å². The van der Waals surface area contributed by atoms with Crippen LogP contribution < -0.4 is 5.73 Å². The zero-order valence-corrected chi connectivity index (χ0v) is 13.0. The van der Waals surface area contributed by atoms with Crippen molar-refractivity contribution in [3.05, 3.63) is 0 Å². The highest BCUT2D eigenvalue weighted by Gasteiger charge is 2.52. The van der Waals surface area contributed by atoms with Gasteiger partial charge in [0.15, 0.2) is 6.29 Å². The molecule has 0 aromatic rings. The van der Waals surface area contributed by atoms with E-state index in [1.807, 2.05) is 0 Å². The molecule has 2 aliphatic rings. The summed E-state index contributed by atoms with van der Waals surface area (Å²) < 4.78 is 15.5. The Balaban J connectivity index is 2.15. The fourth-order valence-corrected chi connectivity index (χ4v) is 3.00. The molecule has 0 amide bonds. The molecule has 1 heterocycles. The van der Waals surface area contributed by atoms with E-state index < -0.39 is 73.9 Å². The molecule has 11 atom stereocenters. The highest BCUT2D eigenvalue weighted by Crippen LogP contribution is 2.29. The van der Waals surface area contributed by atoms with Crippen LogP contribution >= 0.6 is 0 Å².